The van der Waals surface area contributed by atoms with Crippen molar-refractivity contribution in [1.29, 1.82) is 0 Å². The van der Waals surface area contributed by atoms with Gasteiger partial charge >= 0.3 is 0 Å². The quantitative estimate of drug-likeness (QED) is 0.688. The summed E-state index contributed by atoms with van der Waals surface area (Å²) in [6, 6.07) is 18.3. The molecule has 3 aromatic rings. The Hall–Kier alpha value is -1.82. The van der Waals surface area contributed by atoms with Crippen molar-refractivity contribution in [1.82, 2.24) is 9.78 Å². The van der Waals surface area contributed by atoms with E-state index in [-0.39, 0.29) is 0 Å². The molecule has 0 saturated carbocycles. The molecule has 100 valence electrons. The van der Waals surface area contributed by atoms with Crippen molar-refractivity contribution in [3.8, 4) is 16.9 Å². The van der Waals surface area contributed by atoms with Crippen LogP contribution in [0.15, 0.2) is 54.6 Å². The minimum absolute atomic E-state index is 0.685. The molecule has 2 N–H and O–H groups in total. The summed E-state index contributed by atoms with van der Waals surface area (Å²) < 4.78 is 3.00. The molecule has 0 spiro atoms. The van der Waals surface area contributed by atoms with Crippen molar-refractivity contribution in [3.63, 3.8) is 0 Å². The van der Waals surface area contributed by atoms with E-state index in [1.54, 1.807) is 4.68 Å². The summed E-state index contributed by atoms with van der Waals surface area (Å²) in [5, 5.41) is 4.67. The van der Waals surface area contributed by atoms with Crippen LogP contribution in [0.3, 0.4) is 0 Å². The van der Waals surface area contributed by atoms with Gasteiger partial charge in [0, 0.05) is 14.7 Å². The number of aromatic nitrogens is 2. The third kappa shape index (κ3) is 2.31. The number of nitrogens with zero attached hydrogens (tertiary/aromatic N) is 2. The zero-order chi connectivity index (χ0) is 14.1. The highest BCUT2D eigenvalue weighted by molar-refractivity contribution is 14.1. The van der Waals surface area contributed by atoms with E-state index < -0.39 is 0 Å². The molecule has 4 heteroatoms. The van der Waals surface area contributed by atoms with Crippen molar-refractivity contribution < 1.29 is 0 Å². The van der Waals surface area contributed by atoms with Gasteiger partial charge in [0.2, 0.25) is 0 Å². The number of nitrogen functional groups attached to an aromatic ring is 1. The van der Waals surface area contributed by atoms with Crippen LogP contribution < -0.4 is 5.73 Å². The van der Waals surface area contributed by atoms with Gasteiger partial charge in [-0.3, -0.25) is 0 Å². The van der Waals surface area contributed by atoms with Crippen molar-refractivity contribution in [2.45, 2.75) is 6.92 Å². The summed E-state index contributed by atoms with van der Waals surface area (Å²) in [6.07, 6.45) is 0. The SMILES string of the molecule is Cc1c(-c2ccc(I)cc2)nn(-c2ccccc2)c1N. The molecule has 0 fully saturated rings. The van der Waals surface area contributed by atoms with E-state index in [2.05, 4.69) is 52.0 Å². The van der Waals surface area contributed by atoms with E-state index in [1.165, 1.54) is 3.57 Å². The molecule has 1 aromatic heterocycles. The molecule has 0 aliphatic rings. The number of para-hydroxylation sites is 1. The van der Waals surface area contributed by atoms with Gasteiger partial charge in [-0.1, -0.05) is 30.3 Å². The molecular formula is C16H14IN3. The van der Waals surface area contributed by atoms with Crippen molar-refractivity contribution in [3.05, 3.63) is 63.7 Å². The van der Waals surface area contributed by atoms with Crippen LogP contribution in [0, 0.1) is 10.5 Å². The highest BCUT2D eigenvalue weighted by atomic mass is 127. The summed E-state index contributed by atoms with van der Waals surface area (Å²) in [7, 11) is 0. The molecule has 0 amide bonds. The maximum Gasteiger partial charge on any atom is 0.130 e. The van der Waals surface area contributed by atoms with Crippen molar-refractivity contribution >= 4 is 28.4 Å². The Kier molecular flexibility index (Phi) is 3.48. The van der Waals surface area contributed by atoms with Gasteiger partial charge in [-0.2, -0.15) is 5.10 Å². The van der Waals surface area contributed by atoms with E-state index in [1.807, 2.05) is 37.3 Å². The first-order valence-corrected chi connectivity index (χ1v) is 7.41. The summed E-state index contributed by atoms with van der Waals surface area (Å²) >= 11 is 2.30. The molecule has 0 saturated heterocycles. The Morgan fingerprint density at radius 1 is 1.00 bits per heavy atom. The largest absolute Gasteiger partial charge is 0.383 e. The number of benzene rings is 2. The number of hydrogen-bond acceptors (Lipinski definition) is 2. The van der Waals surface area contributed by atoms with Gasteiger partial charge in [-0.25, -0.2) is 4.68 Å². The van der Waals surface area contributed by atoms with Crippen LogP contribution in [0.25, 0.3) is 16.9 Å². The highest BCUT2D eigenvalue weighted by Crippen LogP contribution is 2.28. The lowest BCUT2D eigenvalue weighted by Crippen LogP contribution is -2.01. The summed E-state index contributed by atoms with van der Waals surface area (Å²) in [6.45, 7) is 2.01. The minimum Gasteiger partial charge on any atom is -0.383 e. The minimum atomic E-state index is 0.685. The zero-order valence-electron chi connectivity index (χ0n) is 11.0. The van der Waals surface area contributed by atoms with Crippen LogP contribution in [0.1, 0.15) is 5.56 Å². The van der Waals surface area contributed by atoms with Crippen LogP contribution in [0.4, 0.5) is 5.82 Å². The molecule has 0 aliphatic heterocycles. The maximum atomic E-state index is 6.20. The lowest BCUT2D eigenvalue weighted by Gasteiger charge is -2.02. The van der Waals surface area contributed by atoms with Crippen LogP contribution in [0.2, 0.25) is 0 Å². The molecule has 3 nitrogen and oxygen atoms in total. The first-order chi connectivity index (χ1) is 9.66. The molecule has 0 atom stereocenters. The third-order valence-electron chi connectivity index (χ3n) is 3.29. The molecule has 0 radical (unpaired) electrons. The molecule has 1 heterocycles. The van der Waals surface area contributed by atoms with Crippen molar-refractivity contribution in [2.24, 2.45) is 0 Å². The summed E-state index contributed by atoms with van der Waals surface area (Å²) in [5.74, 6) is 0.685. The highest BCUT2D eigenvalue weighted by Gasteiger charge is 2.14. The standard InChI is InChI=1S/C16H14IN3/c1-11-15(12-7-9-13(17)10-8-12)19-20(16(11)18)14-5-3-2-4-6-14/h2-10H,18H2,1H3. The number of nitrogens with two attached hydrogens (primary N) is 1. The monoisotopic (exact) mass is 375 g/mol. The first kappa shape index (κ1) is 13.2. The third-order valence-corrected chi connectivity index (χ3v) is 4.01. The average Bonchev–Trinajstić information content (AvgIpc) is 2.77. The molecule has 0 bridgehead atoms. The van der Waals surface area contributed by atoms with Gasteiger partial charge in [0.15, 0.2) is 0 Å². The Morgan fingerprint density at radius 3 is 2.30 bits per heavy atom. The first-order valence-electron chi connectivity index (χ1n) is 6.33. The van der Waals surface area contributed by atoms with Crippen LogP contribution >= 0.6 is 22.6 Å². The fraction of sp³-hybridized carbons (Fsp3) is 0.0625. The fourth-order valence-electron chi connectivity index (χ4n) is 2.16. The van der Waals surface area contributed by atoms with E-state index in [9.17, 15) is 0 Å². The van der Waals surface area contributed by atoms with Crippen molar-refractivity contribution in [2.75, 3.05) is 5.73 Å². The van der Waals surface area contributed by atoms with Gasteiger partial charge in [0.25, 0.3) is 0 Å². The number of hydrogen-bond donors (Lipinski definition) is 1. The van der Waals surface area contributed by atoms with Gasteiger partial charge in [-0.15, -0.1) is 0 Å². The van der Waals surface area contributed by atoms with Crippen LogP contribution in [-0.2, 0) is 0 Å². The summed E-state index contributed by atoms with van der Waals surface area (Å²) in [5.41, 5.74) is 10.2. The second-order valence-electron chi connectivity index (χ2n) is 4.61. The maximum absolute atomic E-state index is 6.20. The fourth-order valence-corrected chi connectivity index (χ4v) is 2.52. The predicted molar refractivity (Wildman–Crippen MR) is 90.9 cm³/mol. The Bertz CT molecular complexity index is 730. The molecule has 20 heavy (non-hydrogen) atoms. The van der Waals surface area contributed by atoms with Gasteiger partial charge < -0.3 is 5.73 Å². The molecular weight excluding hydrogens is 361 g/mol. The lowest BCUT2D eigenvalue weighted by atomic mass is 10.1. The normalized spacial score (nSPS) is 10.7. The number of anilines is 1. The molecule has 3 rings (SSSR count). The van der Waals surface area contributed by atoms with E-state index in [0.29, 0.717) is 5.82 Å². The molecule has 2 aromatic carbocycles. The average molecular weight is 375 g/mol. The van der Waals surface area contributed by atoms with Gasteiger partial charge in [-0.05, 0) is 53.8 Å². The van der Waals surface area contributed by atoms with Gasteiger partial charge in [0.1, 0.15) is 5.82 Å². The Labute approximate surface area is 131 Å². The second kappa shape index (κ2) is 5.28. The second-order valence-corrected chi connectivity index (χ2v) is 5.86. The van der Waals surface area contributed by atoms with E-state index in [0.717, 1.165) is 22.5 Å². The Morgan fingerprint density at radius 2 is 1.65 bits per heavy atom. The Balaban J connectivity index is 2.13. The van der Waals surface area contributed by atoms with Crippen LogP contribution in [0.5, 0.6) is 0 Å². The number of halogens is 1. The van der Waals surface area contributed by atoms with E-state index in [4.69, 9.17) is 5.73 Å². The zero-order valence-corrected chi connectivity index (χ0v) is 13.2. The summed E-state index contributed by atoms with van der Waals surface area (Å²) in [4.78, 5) is 0. The lowest BCUT2D eigenvalue weighted by molar-refractivity contribution is 0.895. The van der Waals surface area contributed by atoms with Gasteiger partial charge in [0.05, 0.1) is 11.4 Å². The smallest absolute Gasteiger partial charge is 0.130 e. The molecule has 0 unspecified atom stereocenters. The molecule has 0 aliphatic carbocycles. The van der Waals surface area contributed by atoms with Crippen LogP contribution in [-0.4, -0.2) is 9.78 Å². The number of rotatable bonds is 2. The van der Waals surface area contributed by atoms with E-state index >= 15 is 0 Å². The topological polar surface area (TPSA) is 43.8 Å². The predicted octanol–water partition coefficient (Wildman–Crippen LogP) is 4.03.